The number of aromatic nitrogens is 3. The Morgan fingerprint density at radius 1 is 1.59 bits per heavy atom. The van der Waals surface area contributed by atoms with E-state index in [0.717, 1.165) is 6.42 Å². The number of thioether (sulfide) groups is 1. The lowest BCUT2D eigenvalue weighted by Gasteiger charge is -2.14. The highest BCUT2D eigenvalue weighted by Gasteiger charge is 2.19. The second-order valence-electron chi connectivity index (χ2n) is 4.72. The summed E-state index contributed by atoms with van der Waals surface area (Å²) < 4.78 is 1.47. The Bertz CT molecular complexity index is 409. The van der Waals surface area contributed by atoms with Gasteiger partial charge < -0.3 is 5.11 Å². The molecule has 17 heavy (non-hydrogen) atoms. The van der Waals surface area contributed by atoms with E-state index in [1.54, 1.807) is 7.05 Å². The number of rotatable bonds is 5. The van der Waals surface area contributed by atoms with Crippen LogP contribution in [0.3, 0.4) is 0 Å². The normalized spacial score (nSPS) is 18.7. The average Bonchev–Trinajstić information content (AvgIpc) is 2.90. The molecule has 1 fully saturated rings. The van der Waals surface area contributed by atoms with Crippen molar-refractivity contribution in [1.82, 2.24) is 14.8 Å². The topological polar surface area (TPSA) is 70.9 Å². The molecule has 0 radical (unpaired) electrons. The molecule has 1 aromatic heterocycles. The summed E-state index contributed by atoms with van der Waals surface area (Å²) in [5.41, 5.74) is -0.210. The van der Waals surface area contributed by atoms with Crippen LogP contribution in [0.25, 0.3) is 0 Å². The smallest absolute Gasteiger partial charge is 0.343 e. The third kappa shape index (κ3) is 3.35. The highest BCUT2D eigenvalue weighted by atomic mass is 32.2. The zero-order valence-corrected chi connectivity index (χ0v) is 10.9. The van der Waals surface area contributed by atoms with Gasteiger partial charge in [0.05, 0.1) is 6.10 Å². The lowest BCUT2D eigenvalue weighted by molar-refractivity contribution is 0.165. The van der Waals surface area contributed by atoms with Crippen molar-refractivity contribution in [2.24, 2.45) is 13.0 Å². The first-order chi connectivity index (χ1) is 8.16. The molecule has 1 unspecified atom stereocenters. The first-order valence-electron chi connectivity index (χ1n) is 6.09. The standard InChI is InChI=1S/C11H19N3O2S/c1-14-10(16)12-13-11(14)17-7-9(15)6-8-4-2-3-5-8/h8-9,15H,2-7H2,1H3,(H,12,16). The van der Waals surface area contributed by atoms with Gasteiger partial charge >= 0.3 is 5.69 Å². The molecule has 0 saturated heterocycles. The lowest BCUT2D eigenvalue weighted by Crippen LogP contribution is -2.16. The zero-order valence-electron chi connectivity index (χ0n) is 10.1. The first-order valence-corrected chi connectivity index (χ1v) is 7.07. The molecular weight excluding hydrogens is 238 g/mol. The minimum absolute atomic E-state index is 0.210. The maximum absolute atomic E-state index is 11.1. The van der Waals surface area contributed by atoms with Crippen molar-refractivity contribution in [3.8, 4) is 0 Å². The third-order valence-electron chi connectivity index (χ3n) is 3.32. The van der Waals surface area contributed by atoms with Gasteiger partial charge in [0.2, 0.25) is 0 Å². The van der Waals surface area contributed by atoms with Crippen LogP contribution in [0.15, 0.2) is 9.95 Å². The van der Waals surface area contributed by atoms with Crippen molar-refractivity contribution in [2.75, 3.05) is 5.75 Å². The molecule has 0 bridgehead atoms. The minimum Gasteiger partial charge on any atom is -0.392 e. The molecule has 1 aliphatic rings. The summed E-state index contributed by atoms with van der Waals surface area (Å²) in [6.45, 7) is 0. The van der Waals surface area contributed by atoms with E-state index in [1.165, 1.54) is 42.0 Å². The van der Waals surface area contributed by atoms with Crippen LogP contribution in [0, 0.1) is 5.92 Å². The highest BCUT2D eigenvalue weighted by Crippen LogP contribution is 2.29. The monoisotopic (exact) mass is 257 g/mol. The van der Waals surface area contributed by atoms with E-state index < -0.39 is 0 Å². The fraction of sp³-hybridized carbons (Fsp3) is 0.818. The van der Waals surface area contributed by atoms with E-state index in [9.17, 15) is 9.90 Å². The van der Waals surface area contributed by atoms with E-state index in [4.69, 9.17) is 0 Å². The number of hydrogen-bond acceptors (Lipinski definition) is 4. The van der Waals surface area contributed by atoms with Gasteiger partial charge in [0, 0.05) is 12.8 Å². The largest absolute Gasteiger partial charge is 0.392 e. The molecule has 2 N–H and O–H groups in total. The predicted octanol–water partition coefficient (Wildman–Crippen LogP) is 1.14. The second-order valence-corrected chi connectivity index (χ2v) is 5.71. The van der Waals surface area contributed by atoms with Crippen molar-refractivity contribution < 1.29 is 5.11 Å². The van der Waals surface area contributed by atoms with Gasteiger partial charge in [0.25, 0.3) is 0 Å². The van der Waals surface area contributed by atoms with Crippen LogP contribution < -0.4 is 5.69 Å². The lowest BCUT2D eigenvalue weighted by atomic mass is 10.0. The first kappa shape index (κ1) is 12.7. The Labute approximate surface area is 105 Å². The molecular formula is C11H19N3O2S. The molecule has 1 saturated carbocycles. The van der Waals surface area contributed by atoms with E-state index >= 15 is 0 Å². The Morgan fingerprint density at radius 2 is 2.29 bits per heavy atom. The van der Waals surface area contributed by atoms with Crippen LogP contribution in [0.4, 0.5) is 0 Å². The molecule has 1 aliphatic carbocycles. The van der Waals surface area contributed by atoms with Crippen molar-refractivity contribution >= 4 is 11.8 Å². The summed E-state index contributed by atoms with van der Waals surface area (Å²) in [5, 5.41) is 16.8. The van der Waals surface area contributed by atoms with Gasteiger partial charge in [0.15, 0.2) is 5.16 Å². The summed E-state index contributed by atoms with van der Waals surface area (Å²) in [5.74, 6) is 1.29. The number of H-pyrrole nitrogens is 1. The fourth-order valence-electron chi connectivity index (χ4n) is 2.33. The average molecular weight is 257 g/mol. The van der Waals surface area contributed by atoms with Gasteiger partial charge in [-0.05, 0) is 12.3 Å². The maximum Gasteiger partial charge on any atom is 0.343 e. The maximum atomic E-state index is 11.1. The number of aliphatic hydroxyl groups is 1. The van der Waals surface area contributed by atoms with Gasteiger partial charge in [-0.2, -0.15) is 0 Å². The van der Waals surface area contributed by atoms with Crippen LogP contribution in [0.5, 0.6) is 0 Å². The number of aliphatic hydroxyl groups excluding tert-OH is 1. The van der Waals surface area contributed by atoms with E-state index in [-0.39, 0.29) is 11.8 Å². The number of nitrogens with one attached hydrogen (secondary N) is 1. The van der Waals surface area contributed by atoms with Crippen molar-refractivity contribution in [2.45, 2.75) is 43.4 Å². The summed E-state index contributed by atoms with van der Waals surface area (Å²) in [6.07, 6.45) is 5.70. The molecule has 1 atom stereocenters. The number of nitrogens with zero attached hydrogens (tertiary/aromatic N) is 2. The van der Waals surface area contributed by atoms with E-state index in [0.29, 0.717) is 16.8 Å². The van der Waals surface area contributed by atoms with Crippen molar-refractivity contribution in [3.05, 3.63) is 10.5 Å². The Kier molecular flexibility index (Phi) is 4.28. The quantitative estimate of drug-likeness (QED) is 0.776. The molecule has 6 heteroatoms. The van der Waals surface area contributed by atoms with Gasteiger partial charge in [-0.1, -0.05) is 37.4 Å². The highest BCUT2D eigenvalue weighted by molar-refractivity contribution is 7.99. The van der Waals surface area contributed by atoms with Gasteiger partial charge in [-0.25, -0.2) is 9.89 Å². The summed E-state index contributed by atoms with van der Waals surface area (Å²) >= 11 is 1.43. The minimum atomic E-state index is -0.296. The summed E-state index contributed by atoms with van der Waals surface area (Å²) in [4.78, 5) is 11.1. The van der Waals surface area contributed by atoms with Crippen LogP contribution in [-0.2, 0) is 7.05 Å². The predicted molar refractivity (Wildman–Crippen MR) is 67.1 cm³/mol. The zero-order chi connectivity index (χ0) is 12.3. The molecule has 2 rings (SSSR count). The van der Waals surface area contributed by atoms with Gasteiger partial charge in [0.1, 0.15) is 0 Å². The van der Waals surface area contributed by atoms with Crippen LogP contribution in [0.1, 0.15) is 32.1 Å². The van der Waals surface area contributed by atoms with Crippen LogP contribution in [-0.4, -0.2) is 31.7 Å². The second kappa shape index (κ2) is 5.73. The van der Waals surface area contributed by atoms with Crippen LogP contribution in [0.2, 0.25) is 0 Å². The Hall–Kier alpha value is -0.750. The molecule has 96 valence electrons. The van der Waals surface area contributed by atoms with Crippen molar-refractivity contribution in [3.63, 3.8) is 0 Å². The van der Waals surface area contributed by atoms with Crippen LogP contribution >= 0.6 is 11.8 Å². The molecule has 1 aromatic rings. The molecule has 1 heterocycles. The Balaban J connectivity index is 1.77. The number of hydrogen-bond donors (Lipinski definition) is 2. The van der Waals surface area contributed by atoms with Gasteiger partial charge in [-0.3, -0.25) is 4.57 Å². The molecule has 0 aliphatic heterocycles. The van der Waals surface area contributed by atoms with Gasteiger partial charge in [-0.15, -0.1) is 5.10 Å². The van der Waals surface area contributed by atoms with Crippen molar-refractivity contribution in [1.29, 1.82) is 0 Å². The molecule has 0 spiro atoms. The molecule has 0 amide bonds. The SMILES string of the molecule is Cn1c(SCC(O)CC2CCCC2)n[nH]c1=O. The summed E-state index contributed by atoms with van der Waals surface area (Å²) in [6, 6.07) is 0. The van der Waals surface area contributed by atoms with E-state index in [2.05, 4.69) is 10.2 Å². The Morgan fingerprint density at radius 3 is 2.88 bits per heavy atom. The fourth-order valence-corrected chi connectivity index (χ4v) is 3.20. The third-order valence-corrected chi connectivity index (χ3v) is 4.50. The molecule has 5 nitrogen and oxygen atoms in total. The number of aromatic amines is 1. The summed E-state index contributed by atoms with van der Waals surface area (Å²) in [7, 11) is 1.68. The van der Waals surface area contributed by atoms with E-state index in [1.807, 2.05) is 0 Å². The molecule has 0 aromatic carbocycles.